The Morgan fingerprint density at radius 1 is 1.53 bits per heavy atom. The fourth-order valence-electron chi connectivity index (χ4n) is 1.78. The van der Waals surface area contributed by atoms with Gasteiger partial charge in [0.2, 0.25) is 0 Å². The molecule has 1 aliphatic rings. The molecule has 1 fully saturated rings. The molecule has 0 radical (unpaired) electrons. The number of Topliss-reactive ketones (excluding diaryl/α,β-unsaturated/α-hetero) is 1. The zero-order valence-corrected chi connectivity index (χ0v) is 9.98. The Hall–Kier alpha value is -0.510. The molecule has 1 rings (SSSR count). The maximum atomic E-state index is 11.3. The molecule has 0 aromatic carbocycles. The van der Waals surface area contributed by atoms with Crippen LogP contribution in [0.2, 0.25) is 0 Å². The number of rotatable bonds is 6. The van der Waals surface area contributed by atoms with Gasteiger partial charge in [-0.1, -0.05) is 0 Å². The minimum absolute atomic E-state index is 0.153. The van der Waals surface area contributed by atoms with Gasteiger partial charge in [-0.25, -0.2) is 0 Å². The fraction of sp³-hybridized carbons (Fsp3) is 0.818. The lowest BCUT2D eigenvalue weighted by molar-refractivity contribution is -0.140. The standard InChI is InChI=1S/C11H18O3S/c1-14-11(13)6-8-15-7-5-9-3-2-4-10(9)12/h9H,2-8H2,1H3. The molecule has 1 unspecified atom stereocenters. The van der Waals surface area contributed by atoms with Crippen molar-refractivity contribution in [3.63, 3.8) is 0 Å². The molecule has 0 amide bonds. The van der Waals surface area contributed by atoms with Gasteiger partial charge in [0.05, 0.1) is 13.5 Å². The first kappa shape index (κ1) is 12.6. The molecular formula is C11H18O3S. The van der Waals surface area contributed by atoms with E-state index in [4.69, 9.17) is 0 Å². The molecule has 3 nitrogen and oxygen atoms in total. The highest BCUT2D eigenvalue weighted by Crippen LogP contribution is 2.25. The number of esters is 1. The van der Waals surface area contributed by atoms with E-state index in [1.165, 1.54) is 7.11 Å². The van der Waals surface area contributed by atoms with Crippen molar-refractivity contribution in [1.29, 1.82) is 0 Å². The van der Waals surface area contributed by atoms with Gasteiger partial charge in [0.1, 0.15) is 5.78 Å². The van der Waals surface area contributed by atoms with Crippen LogP contribution >= 0.6 is 11.8 Å². The molecule has 0 aliphatic heterocycles. The van der Waals surface area contributed by atoms with Crippen molar-refractivity contribution in [2.24, 2.45) is 5.92 Å². The predicted molar refractivity (Wildman–Crippen MR) is 60.9 cm³/mol. The van der Waals surface area contributed by atoms with Crippen LogP contribution < -0.4 is 0 Å². The SMILES string of the molecule is COC(=O)CCSCCC1CCCC1=O. The topological polar surface area (TPSA) is 43.4 Å². The monoisotopic (exact) mass is 230 g/mol. The summed E-state index contributed by atoms with van der Waals surface area (Å²) in [5.74, 6) is 2.36. The van der Waals surface area contributed by atoms with Crippen molar-refractivity contribution in [2.75, 3.05) is 18.6 Å². The molecule has 0 bridgehead atoms. The van der Waals surface area contributed by atoms with E-state index in [9.17, 15) is 9.59 Å². The smallest absolute Gasteiger partial charge is 0.306 e. The van der Waals surface area contributed by atoms with E-state index < -0.39 is 0 Å². The van der Waals surface area contributed by atoms with Gasteiger partial charge in [-0.2, -0.15) is 11.8 Å². The van der Waals surface area contributed by atoms with Crippen LogP contribution in [0.4, 0.5) is 0 Å². The Morgan fingerprint density at radius 3 is 2.93 bits per heavy atom. The van der Waals surface area contributed by atoms with Crippen LogP contribution in [-0.2, 0) is 14.3 Å². The fourth-order valence-corrected chi connectivity index (χ4v) is 2.74. The molecule has 1 atom stereocenters. The average molecular weight is 230 g/mol. The van der Waals surface area contributed by atoms with E-state index >= 15 is 0 Å². The molecule has 15 heavy (non-hydrogen) atoms. The van der Waals surface area contributed by atoms with Crippen LogP contribution in [0.3, 0.4) is 0 Å². The molecule has 1 aliphatic carbocycles. The molecular weight excluding hydrogens is 212 g/mol. The summed E-state index contributed by atoms with van der Waals surface area (Å²) in [7, 11) is 1.41. The first-order chi connectivity index (χ1) is 7.24. The molecule has 0 spiro atoms. The number of thioether (sulfide) groups is 1. The Balaban J connectivity index is 1.97. The summed E-state index contributed by atoms with van der Waals surface area (Å²) in [6.45, 7) is 0. The number of ether oxygens (including phenoxy) is 1. The highest BCUT2D eigenvalue weighted by molar-refractivity contribution is 7.99. The molecule has 0 heterocycles. The van der Waals surface area contributed by atoms with Gasteiger partial charge in [-0.3, -0.25) is 9.59 Å². The summed E-state index contributed by atoms with van der Waals surface area (Å²) in [6.07, 6.45) is 4.36. The van der Waals surface area contributed by atoms with E-state index in [2.05, 4.69) is 4.74 Å². The normalized spacial score (nSPS) is 20.6. The zero-order valence-electron chi connectivity index (χ0n) is 9.16. The Morgan fingerprint density at radius 2 is 2.33 bits per heavy atom. The van der Waals surface area contributed by atoms with Gasteiger partial charge in [-0.15, -0.1) is 0 Å². The number of hydrogen-bond donors (Lipinski definition) is 0. The van der Waals surface area contributed by atoms with Crippen molar-refractivity contribution < 1.29 is 14.3 Å². The molecule has 4 heteroatoms. The Bertz CT molecular complexity index is 228. The molecule has 0 aromatic rings. The van der Waals surface area contributed by atoms with Crippen LogP contribution in [0.15, 0.2) is 0 Å². The van der Waals surface area contributed by atoms with Crippen LogP contribution in [-0.4, -0.2) is 30.4 Å². The average Bonchev–Trinajstić information content (AvgIpc) is 2.63. The second-order valence-electron chi connectivity index (χ2n) is 3.78. The van der Waals surface area contributed by atoms with E-state index in [0.29, 0.717) is 18.1 Å². The number of methoxy groups -OCH3 is 1. The predicted octanol–water partition coefficient (Wildman–Crippen LogP) is 2.04. The summed E-state index contributed by atoms with van der Waals surface area (Å²) in [5.41, 5.74) is 0. The first-order valence-electron chi connectivity index (χ1n) is 5.41. The lowest BCUT2D eigenvalue weighted by atomic mass is 10.1. The summed E-state index contributed by atoms with van der Waals surface area (Å²) >= 11 is 1.73. The minimum atomic E-state index is -0.153. The highest BCUT2D eigenvalue weighted by Gasteiger charge is 2.23. The van der Waals surface area contributed by atoms with Gasteiger partial charge in [0, 0.05) is 18.1 Å². The largest absolute Gasteiger partial charge is 0.469 e. The summed E-state index contributed by atoms with van der Waals surface area (Å²) < 4.78 is 4.54. The first-order valence-corrected chi connectivity index (χ1v) is 6.56. The third-order valence-electron chi connectivity index (χ3n) is 2.72. The van der Waals surface area contributed by atoms with Crippen LogP contribution in [0.5, 0.6) is 0 Å². The van der Waals surface area contributed by atoms with Crippen LogP contribution in [0.25, 0.3) is 0 Å². The quantitative estimate of drug-likeness (QED) is 0.517. The van der Waals surface area contributed by atoms with Crippen molar-refractivity contribution in [2.45, 2.75) is 32.1 Å². The van der Waals surface area contributed by atoms with Gasteiger partial charge in [0.15, 0.2) is 0 Å². The van der Waals surface area contributed by atoms with E-state index in [0.717, 1.165) is 37.2 Å². The maximum absolute atomic E-state index is 11.3. The summed E-state index contributed by atoms with van der Waals surface area (Å²) in [6, 6.07) is 0. The van der Waals surface area contributed by atoms with Crippen molar-refractivity contribution in [1.82, 2.24) is 0 Å². The molecule has 1 saturated carbocycles. The third-order valence-corrected chi connectivity index (χ3v) is 3.74. The third kappa shape index (κ3) is 4.69. The second-order valence-corrected chi connectivity index (χ2v) is 5.01. The Kier molecular flexibility index (Phi) is 5.76. The summed E-state index contributed by atoms with van der Waals surface area (Å²) in [4.78, 5) is 22.1. The Labute approximate surface area is 94.9 Å². The van der Waals surface area contributed by atoms with Gasteiger partial charge < -0.3 is 4.74 Å². The van der Waals surface area contributed by atoms with Gasteiger partial charge >= 0.3 is 5.97 Å². The summed E-state index contributed by atoms with van der Waals surface area (Å²) in [5, 5.41) is 0. The van der Waals surface area contributed by atoms with Crippen molar-refractivity contribution in [3.8, 4) is 0 Å². The van der Waals surface area contributed by atoms with Gasteiger partial charge in [0.25, 0.3) is 0 Å². The van der Waals surface area contributed by atoms with Crippen molar-refractivity contribution >= 4 is 23.5 Å². The second kappa shape index (κ2) is 6.88. The van der Waals surface area contributed by atoms with Crippen LogP contribution in [0.1, 0.15) is 32.1 Å². The molecule has 0 aromatic heterocycles. The number of ketones is 1. The van der Waals surface area contributed by atoms with Gasteiger partial charge in [-0.05, 0) is 25.0 Å². The maximum Gasteiger partial charge on any atom is 0.306 e. The highest BCUT2D eigenvalue weighted by atomic mass is 32.2. The van der Waals surface area contributed by atoms with E-state index in [-0.39, 0.29) is 5.97 Å². The van der Waals surface area contributed by atoms with E-state index in [1.807, 2.05) is 0 Å². The molecule has 0 saturated heterocycles. The lowest BCUT2D eigenvalue weighted by Crippen LogP contribution is -2.07. The number of carbonyl (C=O) groups excluding carboxylic acids is 2. The number of hydrogen-bond acceptors (Lipinski definition) is 4. The zero-order chi connectivity index (χ0) is 11.1. The minimum Gasteiger partial charge on any atom is -0.469 e. The van der Waals surface area contributed by atoms with E-state index in [1.54, 1.807) is 11.8 Å². The lowest BCUT2D eigenvalue weighted by Gasteiger charge is -2.06. The number of carbonyl (C=O) groups is 2. The van der Waals surface area contributed by atoms with Crippen LogP contribution in [0, 0.1) is 5.92 Å². The molecule has 86 valence electrons. The van der Waals surface area contributed by atoms with Crippen molar-refractivity contribution in [3.05, 3.63) is 0 Å². The molecule has 0 N–H and O–H groups in total.